The number of nitrogens with zero attached hydrogens (tertiary/aromatic N) is 2. The Morgan fingerprint density at radius 1 is 0.958 bits per heavy atom. The number of hydrogen-bond donors (Lipinski definition) is 1. The van der Waals surface area contributed by atoms with Crippen LogP contribution in [-0.4, -0.2) is 10.2 Å². The molecule has 24 heavy (non-hydrogen) atoms. The van der Waals surface area contributed by atoms with Gasteiger partial charge in [0.05, 0.1) is 11.3 Å². The molecular weight excluding hydrogens is 315 g/mol. The van der Waals surface area contributed by atoms with Gasteiger partial charge in [0.25, 0.3) is 0 Å². The largest absolute Gasteiger partial charge is 0.416 e. The number of alkyl halides is 3. The zero-order chi connectivity index (χ0) is 17.5. The van der Waals surface area contributed by atoms with E-state index in [-0.39, 0.29) is 11.5 Å². The molecule has 1 heterocycles. The Kier molecular flexibility index (Phi) is 3.91. The van der Waals surface area contributed by atoms with Gasteiger partial charge in [-0.15, -0.1) is 5.10 Å². The molecule has 1 atom stereocenters. The molecule has 0 aliphatic heterocycles. The first-order valence-electron chi connectivity index (χ1n) is 7.48. The molecule has 0 saturated heterocycles. The van der Waals surface area contributed by atoms with Gasteiger partial charge in [0, 0.05) is 16.7 Å². The number of nitrogens with two attached hydrogens (primary N) is 1. The average Bonchev–Trinajstić information content (AvgIpc) is 2.54. The molecule has 3 aromatic rings. The third-order valence-corrected chi connectivity index (χ3v) is 4.30. The van der Waals surface area contributed by atoms with Gasteiger partial charge < -0.3 is 5.73 Å². The number of anilines is 1. The van der Waals surface area contributed by atoms with E-state index >= 15 is 0 Å². The van der Waals surface area contributed by atoms with Gasteiger partial charge in [0.2, 0.25) is 0 Å². The van der Waals surface area contributed by atoms with Crippen LogP contribution in [0.15, 0.2) is 42.5 Å². The minimum Gasteiger partial charge on any atom is -0.382 e. The van der Waals surface area contributed by atoms with E-state index in [2.05, 4.69) is 10.2 Å². The van der Waals surface area contributed by atoms with E-state index in [1.807, 2.05) is 31.2 Å². The lowest BCUT2D eigenvalue weighted by molar-refractivity contribution is -0.138. The molecule has 124 valence electrons. The van der Waals surface area contributed by atoms with E-state index in [9.17, 15) is 13.2 Å². The van der Waals surface area contributed by atoms with Crippen LogP contribution in [0, 0.1) is 6.92 Å². The van der Waals surface area contributed by atoms with Gasteiger partial charge in [0.15, 0.2) is 5.82 Å². The molecule has 6 heteroatoms. The number of fused-ring (bicyclic) bond motifs is 1. The van der Waals surface area contributed by atoms with Gasteiger partial charge >= 0.3 is 6.18 Å². The summed E-state index contributed by atoms with van der Waals surface area (Å²) in [7, 11) is 0. The minimum absolute atomic E-state index is 0.209. The van der Waals surface area contributed by atoms with Crippen LogP contribution in [0.1, 0.15) is 35.2 Å². The molecule has 2 aromatic carbocycles. The van der Waals surface area contributed by atoms with E-state index in [4.69, 9.17) is 5.73 Å². The molecule has 2 N–H and O–H groups in total. The van der Waals surface area contributed by atoms with Crippen LogP contribution in [0.4, 0.5) is 19.0 Å². The summed E-state index contributed by atoms with van der Waals surface area (Å²) in [6, 6.07) is 11.6. The summed E-state index contributed by atoms with van der Waals surface area (Å²) in [5.74, 6) is -0.0346. The second kappa shape index (κ2) is 5.78. The van der Waals surface area contributed by atoms with E-state index in [0.29, 0.717) is 17.1 Å². The summed E-state index contributed by atoms with van der Waals surface area (Å²) in [5, 5.41) is 9.67. The summed E-state index contributed by atoms with van der Waals surface area (Å²) < 4.78 is 39.5. The van der Waals surface area contributed by atoms with Crippen LogP contribution >= 0.6 is 0 Å². The normalized spacial score (nSPS) is 13.2. The van der Waals surface area contributed by atoms with E-state index in [0.717, 1.165) is 16.8 Å². The van der Waals surface area contributed by atoms with E-state index in [1.54, 1.807) is 6.07 Å². The summed E-state index contributed by atoms with van der Waals surface area (Å²) in [5.41, 5.74) is 6.63. The molecule has 0 bridgehead atoms. The fourth-order valence-corrected chi connectivity index (χ4v) is 3.04. The summed E-state index contributed by atoms with van der Waals surface area (Å²) in [6.45, 7) is 3.32. The van der Waals surface area contributed by atoms with Crippen molar-refractivity contribution in [1.29, 1.82) is 0 Å². The van der Waals surface area contributed by atoms with Gasteiger partial charge in [-0.25, -0.2) is 0 Å². The van der Waals surface area contributed by atoms with Gasteiger partial charge in [0.1, 0.15) is 0 Å². The summed E-state index contributed by atoms with van der Waals surface area (Å²) in [4.78, 5) is 0. The SMILES string of the molecule is Cc1c([C@@H](C)c2nnc(N)c3ccccc23)cccc1C(F)(F)F. The summed E-state index contributed by atoms with van der Waals surface area (Å²) in [6.07, 6.45) is -4.38. The Balaban J connectivity index is 2.18. The second-order valence-electron chi connectivity index (χ2n) is 5.76. The molecule has 0 aliphatic carbocycles. The number of hydrogen-bond acceptors (Lipinski definition) is 3. The van der Waals surface area contributed by atoms with Crippen molar-refractivity contribution in [2.45, 2.75) is 25.9 Å². The number of halogens is 3. The topological polar surface area (TPSA) is 51.8 Å². The van der Waals surface area contributed by atoms with Crippen LogP contribution in [0.5, 0.6) is 0 Å². The highest BCUT2D eigenvalue weighted by Crippen LogP contribution is 2.37. The number of rotatable bonds is 2. The molecular formula is C18H16F3N3. The number of benzene rings is 2. The zero-order valence-electron chi connectivity index (χ0n) is 13.2. The molecule has 1 aromatic heterocycles. The van der Waals surface area contributed by atoms with Crippen molar-refractivity contribution in [1.82, 2.24) is 10.2 Å². The van der Waals surface area contributed by atoms with Crippen molar-refractivity contribution >= 4 is 16.6 Å². The Morgan fingerprint density at radius 2 is 1.62 bits per heavy atom. The predicted molar refractivity (Wildman–Crippen MR) is 87.6 cm³/mol. The quantitative estimate of drug-likeness (QED) is 0.741. The first kappa shape index (κ1) is 16.2. The molecule has 0 fully saturated rings. The maximum atomic E-state index is 13.2. The van der Waals surface area contributed by atoms with Crippen LogP contribution in [0.3, 0.4) is 0 Å². The van der Waals surface area contributed by atoms with Crippen molar-refractivity contribution in [3.05, 3.63) is 64.8 Å². The summed E-state index contributed by atoms with van der Waals surface area (Å²) >= 11 is 0. The lowest BCUT2D eigenvalue weighted by Crippen LogP contribution is -2.12. The van der Waals surface area contributed by atoms with Crippen LogP contribution < -0.4 is 5.73 Å². The molecule has 0 amide bonds. The standard InChI is InChI=1S/C18H16F3N3/c1-10-12(8-5-9-15(10)18(19,20)21)11(2)16-13-6-3-4-7-14(13)17(22)24-23-16/h3-9,11H,1-2H3,(H2,22,24)/t11-/m1/s1. The minimum atomic E-state index is -4.38. The molecule has 0 radical (unpaired) electrons. The Morgan fingerprint density at radius 3 is 2.29 bits per heavy atom. The van der Waals surface area contributed by atoms with Gasteiger partial charge in [-0.05, 0) is 24.1 Å². The molecule has 3 nitrogen and oxygen atoms in total. The molecule has 3 rings (SSSR count). The monoisotopic (exact) mass is 331 g/mol. The maximum Gasteiger partial charge on any atom is 0.416 e. The van der Waals surface area contributed by atoms with Crippen molar-refractivity contribution in [2.24, 2.45) is 0 Å². The number of nitrogen functional groups attached to an aromatic ring is 1. The highest BCUT2D eigenvalue weighted by molar-refractivity contribution is 5.92. The van der Waals surface area contributed by atoms with Crippen molar-refractivity contribution < 1.29 is 13.2 Å². The third kappa shape index (κ3) is 2.68. The zero-order valence-corrected chi connectivity index (χ0v) is 13.2. The molecule has 0 saturated carbocycles. The maximum absolute atomic E-state index is 13.2. The first-order chi connectivity index (χ1) is 11.3. The lowest BCUT2D eigenvalue weighted by atomic mass is 9.89. The van der Waals surface area contributed by atoms with Gasteiger partial charge in [-0.2, -0.15) is 18.3 Å². The molecule has 0 aliphatic rings. The van der Waals surface area contributed by atoms with E-state index < -0.39 is 11.7 Å². The van der Waals surface area contributed by atoms with Crippen molar-refractivity contribution in [3.8, 4) is 0 Å². The lowest BCUT2D eigenvalue weighted by Gasteiger charge is -2.19. The highest BCUT2D eigenvalue weighted by atomic mass is 19.4. The van der Waals surface area contributed by atoms with Crippen LogP contribution in [-0.2, 0) is 6.18 Å². The fourth-order valence-electron chi connectivity index (χ4n) is 3.04. The first-order valence-corrected chi connectivity index (χ1v) is 7.48. The smallest absolute Gasteiger partial charge is 0.382 e. The average molecular weight is 331 g/mol. The Hall–Kier alpha value is -2.63. The van der Waals surface area contributed by atoms with Crippen LogP contribution in [0.2, 0.25) is 0 Å². The third-order valence-electron chi connectivity index (χ3n) is 4.30. The Bertz CT molecular complexity index is 904. The Labute approximate surface area is 137 Å². The second-order valence-corrected chi connectivity index (χ2v) is 5.76. The molecule has 0 spiro atoms. The van der Waals surface area contributed by atoms with Gasteiger partial charge in [-0.1, -0.05) is 43.3 Å². The number of aromatic nitrogens is 2. The van der Waals surface area contributed by atoms with E-state index in [1.165, 1.54) is 13.0 Å². The highest BCUT2D eigenvalue weighted by Gasteiger charge is 2.33. The van der Waals surface area contributed by atoms with Gasteiger partial charge in [-0.3, -0.25) is 0 Å². The molecule has 0 unspecified atom stereocenters. The van der Waals surface area contributed by atoms with Crippen LogP contribution in [0.25, 0.3) is 10.8 Å². The van der Waals surface area contributed by atoms with Crippen molar-refractivity contribution in [2.75, 3.05) is 5.73 Å². The predicted octanol–water partition coefficient (Wildman–Crippen LogP) is 4.69. The fraction of sp³-hybridized carbons (Fsp3) is 0.222. The van der Waals surface area contributed by atoms with Crippen molar-refractivity contribution in [3.63, 3.8) is 0 Å².